The fraction of sp³-hybridized carbons (Fsp3) is 0.500. The summed E-state index contributed by atoms with van der Waals surface area (Å²) in [4.78, 5) is 4.18. The van der Waals surface area contributed by atoms with Crippen LogP contribution in [0.25, 0.3) is 0 Å². The third-order valence-corrected chi connectivity index (χ3v) is 3.68. The molecule has 1 saturated carbocycles. The molecule has 1 aromatic heterocycles. The second kappa shape index (κ2) is 5.35. The van der Waals surface area contributed by atoms with Crippen LogP contribution in [0.2, 0.25) is 5.02 Å². The molecule has 0 amide bonds. The minimum absolute atomic E-state index is 0.318. The molecular formula is C12H15ClN4. The molecule has 2 rings (SSSR count). The number of nitrogens with zero attached hydrogens (tertiary/aromatic N) is 2. The number of anilines is 1. The summed E-state index contributed by atoms with van der Waals surface area (Å²) in [6, 6.07) is 3.98. The Morgan fingerprint density at radius 3 is 3.12 bits per heavy atom. The van der Waals surface area contributed by atoms with Gasteiger partial charge in [-0.25, -0.2) is 4.98 Å². The van der Waals surface area contributed by atoms with Crippen LogP contribution in [0.15, 0.2) is 12.3 Å². The summed E-state index contributed by atoms with van der Waals surface area (Å²) >= 11 is 6.10. The number of nitrogens with two attached hydrogens (primary N) is 1. The molecule has 0 radical (unpaired) electrons. The number of halogens is 1. The first-order chi connectivity index (χ1) is 8.26. The van der Waals surface area contributed by atoms with E-state index in [9.17, 15) is 0 Å². The third kappa shape index (κ3) is 2.51. The molecular weight excluding hydrogens is 236 g/mol. The molecule has 5 heteroatoms. The predicted molar refractivity (Wildman–Crippen MR) is 67.8 cm³/mol. The van der Waals surface area contributed by atoms with Gasteiger partial charge in [-0.15, -0.1) is 0 Å². The molecule has 3 N–H and O–H groups in total. The van der Waals surface area contributed by atoms with Crippen molar-refractivity contribution in [3.63, 3.8) is 0 Å². The van der Waals surface area contributed by atoms with Crippen LogP contribution in [0.4, 0.5) is 5.82 Å². The number of rotatable bonds is 3. The summed E-state index contributed by atoms with van der Waals surface area (Å²) in [6.07, 6.45) is 4.99. The number of aromatic nitrogens is 1. The van der Waals surface area contributed by atoms with Crippen LogP contribution < -0.4 is 11.1 Å². The van der Waals surface area contributed by atoms with Gasteiger partial charge < -0.3 is 11.1 Å². The first-order valence-electron chi connectivity index (χ1n) is 5.77. The van der Waals surface area contributed by atoms with Crippen molar-refractivity contribution < 1.29 is 0 Å². The number of nitrogens with one attached hydrogen (secondary N) is 1. The van der Waals surface area contributed by atoms with Gasteiger partial charge in [0.15, 0.2) is 0 Å². The fourth-order valence-corrected chi connectivity index (χ4v) is 2.52. The number of pyridine rings is 1. The highest BCUT2D eigenvalue weighted by Gasteiger charge is 2.26. The smallest absolute Gasteiger partial charge is 0.146 e. The fourth-order valence-electron chi connectivity index (χ4n) is 2.32. The zero-order chi connectivity index (χ0) is 12.3. The number of hydrogen-bond acceptors (Lipinski definition) is 4. The minimum Gasteiger partial charge on any atom is -0.366 e. The Bertz CT molecular complexity index is 441. The van der Waals surface area contributed by atoms with Crippen molar-refractivity contribution in [3.8, 4) is 6.07 Å². The average molecular weight is 251 g/mol. The molecule has 90 valence electrons. The van der Waals surface area contributed by atoms with Crippen molar-refractivity contribution in [1.29, 1.82) is 5.26 Å². The summed E-state index contributed by atoms with van der Waals surface area (Å²) in [6.45, 7) is 0.674. The van der Waals surface area contributed by atoms with Crippen molar-refractivity contribution in [3.05, 3.63) is 22.8 Å². The first kappa shape index (κ1) is 12.2. The van der Waals surface area contributed by atoms with Crippen LogP contribution in [0.1, 0.15) is 24.8 Å². The summed E-state index contributed by atoms with van der Waals surface area (Å²) < 4.78 is 0. The number of hydrogen-bond donors (Lipinski definition) is 2. The van der Waals surface area contributed by atoms with Crippen molar-refractivity contribution in [1.82, 2.24) is 4.98 Å². The number of nitriles is 1. The van der Waals surface area contributed by atoms with Gasteiger partial charge in [0, 0.05) is 12.2 Å². The molecule has 1 aliphatic carbocycles. The van der Waals surface area contributed by atoms with E-state index in [0.29, 0.717) is 34.9 Å². The Morgan fingerprint density at radius 2 is 2.41 bits per heavy atom. The predicted octanol–water partition coefficient (Wildman–Crippen LogP) is 2.15. The SMILES string of the molecule is N#Cc1ccnc(NC2CCCC2CN)c1Cl. The maximum Gasteiger partial charge on any atom is 0.146 e. The van der Waals surface area contributed by atoms with Crippen LogP contribution in [-0.4, -0.2) is 17.6 Å². The molecule has 1 heterocycles. The highest BCUT2D eigenvalue weighted by Crippen LogP contribution is 2.30. The van der Waals surface area contributed by atoms with Crippen LogP contribution in [0.3, 0.4) is 0 Å². The van der Waals surface area contributed by atoms with Crippen molar-refractivity contribution in [2.75, 3.05) is 11.9 Å². The summed E-state index contributed by atoms with van der Waals surface area (Å²) in [5.41, 5.74) is 6.18. The molecule has 4 nitrogen and oxygen atoms in total. The van der Waals surface area contributed by atoms with E-state index in [4.69, 9.17) is 22.6 Å². The Kier molecular flexibility index (Phi) is 3.82. The largest absolute Gasteiger partial charge is 0.366 e. The monoisotopic (exact) mass is 250 g/mol. The summed E-state index contributed by atoms with van der Waals surface area (Å²) in [5.74, 6) is 1.06. The molecule has 0 bridgehead atoms. The Hall–Kier alpha value is -1.31. The van der Waals surface area contributed by atoms with Gasteiger partial charge >= 0.3 is 0 Å². The highest BCUT2D eigenvalue weighted by atomic mass is 35.5. The molecule has 0 saturated heterocycles. The molecule has 0 aliphatic heterocycles. The summed E-state index contributed by atoms with van der Waals surface area (Å²) in [5, 5.41) is 12.6. The molecule has 1 fully saturated rings. The van der Waals surface area contributed by atoms with Gasteiger partial charge in [0.05, 0.1) is 5.56 Å². The maximum absolute atomic E-state index is 8.89. The Labute approximate surface area is 106 Å². The molecule has 0 aromatic carbocycles. The van der Waals surface area contributed by atoms with Gasteiger partial charge in [-0.3, -0.25) is 0 Å². The Morgan fingerprint density at radius 1 is 1.59 bits per heavy atom. The van der Waals surface area contributed by atoms with Gasteiger partial charge in [0.2, 0.25) is 0 Å². The van der Waals surface area contributed by atoms with E-state index in [1.165, 1.54) is 6.42 Å². The van der Waals surface area contributed by atoms with Gasteiger partial charge in [-0.05, 0) is 31.4 Å². The van der Waals surface area contributed by atoms with Gasteiger partial charge in [0.1, 0.15) is 16.9 Å². The molecule has 17 heavy (non-hydrogen) atoms. The van der Waals surface area contributed by atoms with E-state index in [1.807, 2.05) is 6.07 Å². The first-order valence-corrected chi connectivity index (χ1v) is 6.15. The van der Waals surface area contributed by atoms with E-state index in [1.54, 1.807) is 12.3 Å². The van der Waals surface area contributed by atoms with Crippen molar-refractivity contribution in [2.45, 2.75) is 25.3 Å². The lowest BCUT2D eigenvalue weighted by Gasteiger charge is -2.20. The minimum atomic E-state index is 0.318. The third-order valence-electron chi connectivity index (χ3n) is 3.29. The van der Waals surface area contributed by atoms with Crippen LogP contribution in [-0.2, 0) is 0 Å². The van der Waals surface area contributed by atoms with Crippen LogP contribution in [0.5, 0.6) is 0 Å². The van der Waals surface area contributed by atoms with Crippen LogP contribution in [0, 0.1) is 17.2 Å². The molecule has 1 aromatic rings. The lowest BCUT2D eigenvalue weighted by molar-refractivity contribution is 0.515. The van der Waals surface area contributed by atoms with Crippen molar-refractivity contribution in [2.24, 2.45) is 11.7 Å². The lowest BCUT2D eigenvalue weighted by Crippen LogP contribution is -2.29. The quantitative estimate of drug-likeness (QED) is 0.862. The Balaban J connectivity index is 2.16. The second-order valence-electron chi connectivity index (χ2n) is 4.31. The maximum atomic E-state index is 8.89. The van der Waals surface area contributed by atoms with Gasteiger partial charge in [-0.2, -0.15) is 5.26 Å². The summed E-state index contributed by atoms with van der Waals surface area (Å²) in [7, 11) is 0. The molecule has 0 spiro atoms. The van der Waals surface area contributed by atoms with Gasteiger partial charge in [0.25, 0.3) is 0 Å². The van der Waals surface area contributed by atoms with Crippen molar-refractivity contribution >= 4 is 17.4 Å². The van der Waals surface area contributed by atoms with E-state index in [-0.39, 0.29) is 0 Å². The topological polar surface area (TPSA) is 74.7 Å². The van der Waals surface area contributed by atoms with Crippen LogP contribution >= 0.6 is 11.6 Å². The molecule has 2 unspecified atom stereocenters. The standard InChI is InChI=1S/C12H15ClN4/c13-11-9(7-15)4-5-16-12(11)17-10-3-1-2-8(10)6-14/h4-5,8,10H,1-3,6,14H2,(H,16,17). The van der Waals surface area contributed by atoms with E-state index >= 15 is 0 Å². The zero-order valence-corrected chi connectivity index (χ0v) is 10.2. The lowest BCUT2D eigenvalue weighted by atomic mass is 10.0. The van der Waals surface area contributed by atoms with E-state index in [2.05, 4.69) is 10.3 Å². The van der Waals surface area contributed by atoms with E-state index < -0.39 is 0 Å². The highest BCUT2D eigenvalue weighted by molar-refractivity contribution is 6.34. The average Bonchev–Trinajstić information content (AvgIpc) is 2.79. The zero-order valence-electron chi connectivity index (χ0n) is 9.49. The van der Waals surface area contributed by atoms with Gasteiger partial charge in [-0.1, -0.05) is 18.0 Å². The molecule has 2 atom stereocenters. The molecule has 1 aliphatic rings. The second-order valence-corrected chi connectivity index (χ2v) is 4.69. The normalized spacial score (nSPS) is 23.4. The van der Waals surface area contributed by atoms with E-state index in [0.717, 1.165) is 12.8 Å².